The van der Waals surface area contributed by atoms with E-state index in [4.69, 9.17) is 19.2 Å². The molecule has 5 rings (SSSR count). The highest BCUT2D eigenvalue weighted by Gasteiger charge is 2.35. The molecule has 41 heavy (non-hydrogen) atoms. The third-order valence-corrected chi connectivity index (χ3v) is 7.28. The number of aromatic nitrogens is 1. The highest BCUT2D eigenvalue weighted by atomic mass is 32.1. The maximum atomic E-state index is 14.0. The third kappa shape index (κ3) is 5.82. The minimum Gasteiger partial charge on any atom is -0.546 e. The van der Waals surface area contributed by atoms with E-state index in [-0.39, 0.29) is 17.7 Å². The molecule has 208 valence electrons. The first kappa shape index (κ1) is 27.6. The fourth-order valence-electron chi connectivity index (χ4n) is 4.56. The predicted octanol–water partition coefficient (Wildman–Crippen LogP) is 2.07. The van der Waals surface area contributed by atoms with Crippen LogP contribution in [0.3, 0.4) is 0 Å². The van der Waals surface area contributed by atoms with Crippen LogP contribution in [0, 0.1) is 0 Å². The molecular formula is C31H25N2O7S-. The number of hydrogen-bond donors (Lipinski definition) is 0. The van der Waals surface area contributed by atoms with Gasteiger partial charge in [0.2, 0.25) is 0 Å². The van der Waals surface area contributed by atoms with E-state index in [0.717, 1.165) is 0 Å². The predicted molar refractivity (Wildman–Crippen MR) is 151 cm³/mol. The Hall–Kier alpha value is -4.96. The van der Waals surface area contributed by atoms with Gasteiger partial charge in [-0.3, -0.25) is 9.36 Å². The summed E-state index contributed by atoms with van der Waals surface area (Å²) in [5, 5.41) is 10.8. The number of nitrogens with zero attached hydrogens (tertiary/aromatic N) is 2. The van der Waals surface area contributed by atoms with Crippen molar-refractivity contribution in [2.45, 2.75) is 13.0 Å². The number of carboxylic acids is 1. The molecule has 0 saturated heterocycles. The lowest BCUT2D eigenvalue weighted by molar-refractivity contribution is -0.307. The van der Waals surface area contributed by atoms with Gasteiger partial charge in [0.25, 0.3) is 5.56 Å². The second-order valence-corrected chi connectivity index (χ2v) is 9.95. The molecule has 0 aliphatic carbocycles. The number of esters is 1. The van der Waals surface area contributed by atoms with Gasteiger partial charge in [0.1, 0.15) is 18.1 Å². The number of carboxylic acid groups (broad SMARTS) is 1. The number of hydrogen-bond acceptors (Lipinski definition) is 9. The fraction of sp³-hybridized carbons (Fsp3) is 0.161. The number of fused-ring (bicyclic) bond motifs is 1. The van der Waals surface area contributed by atoms with Crippen molar-refractivity contribution in [2.75, 3.05) is 20.3 Å². The average molecular weight is 570 g/mol. The van der Waals surface area contributed by atoms with E-state index in [0.29, 0.717) is 43.2 Å². The second kappa shape index (κ2) is 12.1. The molecule has 0 N–H and O–H groups in total. The quantitative estimate of drug-likeness (QED) is 0.283. The molecule has 0 unspecified atom stereocenters. The summed E-state index contributed by atoms with van der Waals surface area (Å²) >= 11 is 1.18. The zero-order chi connectivity index (χ0) is 28.9. The van der Waals surface area contributed by atoms with Gasteiger partial charge in [0.05, 0.1) is 41.5 Å². The Kier molecular flexibility index (Phi) is 8.11. The number of benzene rings is 3. The van der Waals surface area contributed by atoms with E-state index in [1.807, 2.05) is 36.4 Å². The Morgan fingerprint density at radius 1 is 1.02 bits per heavy atom. The van der Waals surface area contributed by atoms with E-state index in [1.54, 1.807) is 62.6 Å². The van der Waals surface area contributed by atoms with Gasteiger partial charge in [-0.25, -0.2) is 9.79 Å². The van der Waals surface area contributed by atoms with Crippen molar-refractivity contribution in [1.29, 1.82) is 0 Å². The van der Waals surface area contributed by atoms with E-state index >= 15 is 0 Å². The summed E-state index contributed by atoms with van der Waals surface area (Å²) in [4.78, 5) is 43.5. The number of aliphatic carboxylic acids is 1. The summed E-state index contributed by atoms with van der Waals surface area (Å²) in [6, 6.07) is 22.3. The van der Waals surface area contributed by atoms with E-state index in [2.05, 4.69) is 0 Å². The van der Waals surface area contributed by atoms with Crippen LogP contribution in [0.5, 0.6) is 11.5 Å². The van der Waals surface area contributed by atoms with Crippen LogP contribution in [-0.2, 0) is 14.3 Å². The average Bonchev–Trinajstić information content (AvgIpc) is 3.30. The first-order chi connectivity index (χ1) is 19.9. The standard InChI is InChI=1S/C31H26N2O7S/c1-3-39-30(37)26-27(20-10-5-4-6-11-20)32-31-33(28(26)21-12-8-13-22(17-21)38-2)29(36)24(41-31)16-19-9-7-14-23(15-19)40-18-25(34)35/h4-17,28H,3,18H2,1-2H3,(H,34,35)/p-1/t28-/m0/s1. The van der Waals surface area contributed by atoms with Crippen molar-refractivity contribution < 1.29 is 28.9 Å². The van der Waals surface area contributed by atoms with Crippen LogP contribution >= 0.6 is 11.3 Å². The van der Waals surface area contributed by atoms with Gasteiger partial charge in [-0.15, -0.1) is 0 Å². The molecule has 1 aromatic heterocycles. The van der Waals surface area contributed by atoms with Gasteiger partial charge in [0.15, 0.2) is 4.80 Å². The Balaban J connectivity index is 1.75. The molecule has 0 fully saturated rings. The van der Waals surface area contributed by atoms with Gasteiger partial charge in [-0.1, -0.05) is 65.9 Å². The van der Waals surface area contributed by atoms with Crippen LogP contribution in [0.25, 0.3) is 11.8 Å². The van der Waals surface area contributed by atoms with Crippen molar-refractivity contribution in [2.24, 2.45) is 4.99 Å². The van der Waals surface area contributed by atoms with Gasteiger partial charge in [-0.05, 0) is 48.4 Å². The zero-order valence-corrected chi connectivity index (χ0v) is 23.1. The molecule has 9 nitrogen and oxygen atoms in total. The van der Waals surface area contributed by atoms with Crippen LogP contribution in [0.2, 0.25) is 0 Å². The first-order valence-electron chi connectivity index (χ1n) is 12.7. The Morgan fingerprint density at radius 2 is 1.78 bits per heavy atom. The lowest BCUT2D eigenvalue weighted by Crippen LogP contribution is -2.40. The van der Waals surface area contributed by atoms with Gasteiger partial charge in [0, 0.05) is 5.56 Å². The van der Waals surface area contributed by atoms with Crippen LogP contribution in [0.1, 0.15) is 29.7 Å². The number of carbonyl (C=O) groups excluding carboxylic acids is 2. The fourth-order valence-corrected chi connectivity index (χ4v) is 5.56. The molecule has 0 radical (unpaired) electrons. The molecule has 0 saturated carbocycles. The first-order valence-corrected chi connectivity index (χ1v) is 13.6. The largest absolute Gasteiger partial charge is 0.546 e. The molecule has 1 aliphatic rings. The van der Waals surface area contributed by atoms with E-state index < -0.39 is 24.6 Å². The SMILES string of the molecule is CCOC(=O)C1=C(c2ccccc2)N=c2sc(=Cc3cccc(OCC(=O)[O-])c3)c(=O)n2[C@H]1c1cccc(OC)c1. The molecular weight excluding hydrogens is 544 g/mol. The highest BCUT2D eigenvalue weighted by molar-refractivity contribution is 7.07. The van der Waals surface area contributed by atoms with Gasteiger partial charge >= 0.3 is 5.97 Å². The minimum absolute atomic E-state index is 0.149. The molecule has 3 aromatic carbocycles. The van der Waals surface area contributed by atoms with Crippen molar-refractivity contribution in [3.05, 3.63) is 121 Å². The minimum atomic E-state index is -1.34. The molecule has 4 aromatic rings. The maximum absolute atomic E-state index is 14.0. The molecule has 0 bridgehead atoms. The lowest BCUT2D eigenvalue weighted by atomic mass is 9.93. The number of ether oxygens (including phenoxy) is 3. The molecule has 1 atom stereocenters. The third-order valence-electron chi connectivity index (χ3n) is 6.30. The van der Waals surface area contributed by atoms with Gasteiger partial charge < -0.3 is 24.1 Å². The second-order valence-electron chi connectivity index (χ2n) is 8.94. The van der Waals surface area contributed by atoms with Crippen LogP contribution < -0.4 is 29.5 Å². The summed E-state index contributed by atoms with van der Waals surface area (Å²) < 4.78 is 18.0. The molecule has 0 amide bonds. The number of thiazole rings is 1. The van der Waals surface area contributed by atoms with Crippen LogP contribution in [-0.4, -0.2) is 36.8 Å². The monoisotopic (exact) mass is 569 g/mol. The number of methoxy groups -OCH3 is 1. The van der Waals surface area contributed by atoms with Crippen molar-refractivity contribution in [1.82, 2.24) is 4.57 Å². The summed E-state index contributed by atoms with van der Waals surface area (Å²) in [5.41, 5.74) is 2.29. The maximum Gasteiger partial charge on any atom is 0.338 e. The Morgan fingerprint density at radius 3 is 2.51 bits per heavy atom. The normalized spacial score (nSPS) is 14.7. The number of rotatable bonds is 9. The van der Waals surface area contributed by atoms with Crippen LogP contribution in [0.15, 0.2) is 94.2 Å². The van der Waals surface area contributed by atoms with Crippen LogP contribution in [0.4, 0.5) is 0 Å². The van der Waals surface area contributed by atoms with E-state index in [9.17, 15) is 19.5 Å². The summed E-state index contributed by atoms with van der Waals surface area (Å²) in [5.74, 6) is -1.02. The Bertz CT molecular complexity index is 1820. The van der Waals surface area contributed by atoms with Crippen molar-refractivity contribution in [3.63, 3.8) is 0 Å². The summed E-state index contributed by atoms with van der Waals surface area (Å²) in [6.07, 6.45) is 1.68. The summed E-state index contributed by atoms with van der Waals surface area (Å²) in [7, 11) is 1.55. The highest BCUT2D eigenvalue weighted by Crippen LogP contribution is 2.36. The molecule has 0 spiro atoms. The molecule has 1 aliphatic heterocycles. The topological polar surface area (TPSA) is 119 Å². The number of carbonyl (C=O) groups is 2. The lowest BCUT2D eigenvalue weighted by Gasteiger charge is -2.26. The van der Waals surface area contributed by atoms with E-state index in [1.165, 1.54) is 15.9 Å². The van der Waals surface area contributed by atoms with Crippen molar-refractivity contribution >= 4 is 35.0 Å². The van der Waals surface area contributed by atoms with Gasteiger partial charge in [-0.2, -0.15) is 0 Å². The molecule has 10 heteroatoms. The smallest absolute Gasteiger partial charge is 0.338 e. The zero-order valence-electron chi connectivity index (χ0n) is 22.2. The summed E-state index contributed by atoms with van der Waals surface area (Å²) in [6.45, 7) is 1.28. The Labute approximate surface area is 238 Å². The molecule has 2 heterocycles. The van der Waals surface area contributed by atoms with Crippen molar-refractivity contribution in [3.8, 4) is 11.5 Å².